The van der Waals surface area contributed by atoms with Gasteiger partial charge in [-0.1, -0.05) is 0 Å². The molecular weight excluding hydrogens is 333 g/mol. The molecule has 0 spiro atoms. The Kier molecular flexibility index (Phi) is 4.50. The minimum absolute atomic E-state index is 0.267. The van der Waals surface area contributed by atoms with Gasteiger partial charge in [-0.25, -0.2) is 4.98 Å². The number of aliphatic hydroxyl groups excluding tert-OH is 1. The monoisotopic (exact) mass is 348 g/mol. The van der Waals surface area contributed by atoms with Crippen LogP contribution < -0.4 is 4.74 Å². The van der Waals surface area contributed by atoms with E-state index in [9.17, 15) is 18.3 Å². The number of nitrogens with zero attached hydrogens (tertiary/aromatic N) is 2. The van der Waals surface area contributed by atoms with Crippen LogP contribution in [0.2, 0.25) is 0 Å². The number of benzene rings is 2. The van der Waals surface area contributed by atoms with Crippen LogP contribution in [0.25, 0.3) is 17.1 Å². The van der Waals surface area contributed by atoms with Gasteiger partial charge in [0, 0.05) is 17.4 Å². The molecule has 0 unspecified atom stereocenters. The van der Waals surface area contributed by atoms with Gasteiger partial charge in [0.05, 0.1) is 25.0 Å². The molecule has 0 radical (unpaired) electrons. The number of aliphatic hydroxyl groups is 1. The van der Waals surface area contributed by atoms with Crippen molar-refractivity contribution in [1.82, 2.24) is 9.55 Å². The summed E-state index contributed by atoms with van der Waals surface area (Å²) >= 11 is 0. The van der Waals surface area contributed by atoms with E-state index in [0.29, 0.717) is 23.0 Å². The minimum Gasteiger partial charge on any atom is -0.497 e. The van der Waals surface area contributed by atoms with Crippen LogP contribution >= 0.6 is 0 Å². The Morgan fingerprint density at radius 2 is 1.68 bits per heavy atom. The fourth-order valence-corrected chi connectivity index (χ4v) is 2.46. The number of alkyl halides is 3. The highest BCUT2D eigenvalue weighted by atomic mass is 19.4. The fraction of sp³-hybridized carbons (Fsp3) is 0.167. The van der Waals surface area contributed by atoms with Crippen LogP contribution in [0.1, 0.15) is 11.3 Å². The maximum absolute atomic E-state index is 12.7. The second-order valence-electron chi connectivity index (χ2n) is 5.36. The second kappa shape index (κ2) is 6.60. The predicted octanol–water partition coefficient (Wildman–Crippen LogP) is 4.06. The van der Waals surface area contributed by atoms with Crippen LogP contribution in [0.5, 0.6) is 5.75 Å². The van der Waals surface area contributed by atoms with E-state index >= 15 is 0 Å². The van der Waals surface area contributed by atoms with Crippen molar-refractivity contribution >= 4 is 0 Å². The lowest BCUT2D eigenvalue weighted by Crippen LogP contribution is -2.05. The minimum atomic E-state index is -4.39. The molecule has 3 aromatic rings. The molecule has 0 fully saturated rings. The average Bonchev–Trinajstić information content (AvgIpc) is 3.05. The highest BCUT2D eigenvalue weighted by Gasteiger charge is 2.30. The third-order valence-corrected chi connectivity index (χ3v) is 3.74. The van der Waals surface area contributed by atoms with Crippen molar-refractivity contribution in [3.8, 4) is 22.8 Å². The summed E-state index contributed by atoms with van der Waals surface area (Å²) in [5, 5.41) is 9.36. The lowest BCUT2D eigenvalue weighted by atomic mass is 10.1. The second-order valence-corrected chi connectivity index (χ2v) is 5.36. The van der Waals surface area contributed by atoms with Gasteiger partial charge < -0.3 is 9.84 Å². The molecule has 3 rings (SSSR count). The molecule has 0 aliphatic carbocycles. The van der Waals surface area contributed by atoms with Gasteiger partial charge >= 0.3 is 6.18 Å². The van der Waals surface area contributed by atoms with Crippen LogP contribution in [0, 0.1) is 0 Å². The van der Waals surface area contributed by atoms with Crippen LogP contribution in [0.15, 0.2) is 54.7 Å². The van der Waals surface area contributed by atoms with E-state index < -0.39 is 11.7 Å². The first-order valence-corrected chi connectivity index (χ1v) is 7.43. The zero-order chi connectivity index (χ0) is 18.0. The number of rotatable bonds is 4. The topological polar surface area (TPSA) is 47.3 Å². The maximum Gasteiger partial charge on any atom is 0.416 e. The molecule has 0 amide bonds. The van der Waals surface area contributed by atoms with Gasteiger partial charge in [-0.05, 0) is 48.5 Å². The summed E-state index contributed by atoms with van der Waals surface area (Å²) in [4.78, 5) is 4.35. The van der Waals surface area contributed by atoms with Gasteiger partial charge in [-0.2, -0.15) is 13.2 Å². The van der Waals surface area contributed by atoms with E-state index in [1.807, 2.05) is 0 Å². The molecule has 0 atom stereocenters. The Labute approximate surface area is 142 Å². The van der Waals surface area contributed by atoms with Gasteiger partial charge in [0.15, 0.2) is 0 Å². The number of imidazole rings is 1. The van der Waals surface area contributed by atoms with Crippen molar-refractivity contribution in [3.05, 3.63) is 66.0 Å². The van der Waals surface area contributed by atoms with Crippen molar-refractivity contribution in [3.63, 3.8) is 0 Å². The summed E-state index contributed by atoms with van der Waals surface area (Å²) in [5.41, 5.74) is 0.974. The van der Waals surface area contributed by atoms with E-state index in [-0.39, 0.29) is 6.61 Å². The molecule has 0 aliphatic heterocycles. The van der Waals surface area contributed by atoms with E-state index in [2.05, 4.69) is 4.98 Å². The number of methoxy groups -OCH3 is 1. The van der Waals surface area contributed by atoms with Crippen molar-refractivity contribution < 1.29 is 23.0 Å². The van der Waals surface area contributed by atoms with Crippen LogP contribution in [0.3, 0.4) is 0 Å². The molecule has 0 saturated carbocycles. The van der Waals surface area contributed by atoms with Gasteiger partial charge in [0.2, 0.25) is 0 Å². The third kappa shape index (κ3) is 3.51. The van der Waals surface area contributed by atoms with E-state index in [0.717, 1.165) is 17.7 Å². The molecule has 0 saturated heterocycles. The van der Waals surface area contributed by atoms with E-state index in [1.54, 1.807) is 42.1 Å². The first-order valence-electron chi connectivity index (χ1n) is 7.43. The van der Waals surface area contributed by atoms with Crippen molar-refractivity contribution in [1.29, 1.82) is 0 Å². The number of halogens is 3. The van der Waals surface area contributed by atoms with Crippen molar-refractivity contribution in [2.45, 2.75) is 12.8 Å². The highest BCUT2D eigenvalue weighted by molar-refractivity contribution is 5.60. The maximum atomic E-state index is 12.7. The SMILES string of the molecule is COc1ccc(-c2nc(CO)cn2-c2ccc(C(F)(F)F)cc2)cc1. The Bertz CT molecular complexity index is 854. The summed E-state index contributed by atoms with van der Waals surface area (Å²) in [6, 6.07) is 11.9. The molecule has 25 heavy (non-hydrogen) atoms. The average molecular weight is 348 g/mol. The molecule has 7 heteroatoms. The van der Waals surface area contributed by atoms with Crippen molar-refractivity contribution in [2.75, 3.05) is 7.11 Å². The Balaban J connectivity index is 2.05. The quantitative estimate of drug-likeness (QED) is 0.773. The Morgan fingerprint density at radius 3 is 2.20 bits per heavy atom. The van der Waals surface area contributed by atoms with E-state index in [4.69, 9.17) is 4.74 Å². The van der Waals surface area contributed by atoms with Crippen LogP contribution in [-0.2, 0) is 12.8 Å². The number of ether oxygens (including phenoxy) is 1. The molecule has 0 aliphatic rings. The van der Waals surface area contributed by atoms with Gasteiger partial charge in [0.25, 0.3) is 0 Å². The van der Waals surface area contributed by atoms with Gasteiger partial charge in [-0.3, -0.25) is 4.57 Å². The number of aromatic nitrogens is 2. The molecule has 2 aromatic carbocycles. The lowest BCUT2D eigenvalue weighted by Gasteiger charge is -2.11. The van der Waals surface area contributed by atoms with Crippen molar-refractivity contribution in [2.24, 2.45) is 0 Å². The van der Waals surface area contributed by atoms with Gasteiger partial charge in [0.1, 0.15) is 11.6 Å². The lowest BCUT2D eigenvalue weighted by molar-refractivity contribution is -0.137. The highest BCUT2D eigenvalue weighted by Crippen LogP contribution is 2.31. The fourth-order valence-electron chi connectivity index (χ4n) is 2.46. The molecule has 130 valence electrons. The molecule has 1 aromatic heterocycles. The normalized spacial score (nSPS) is 11.6. The summed E-state index contributed by atoms with van der Waals surface area (Å²) in [6.07, 6.45) is -2.79. The number of hydrogen-bond acceptors (Lipinski definition) is 3. The van der Waals surface area contributed by atoms with Crippen LogP contribution in [0.4, 0.5) is 13.2 Å². The molecule has 1 heterocycles. The van der Waals surface area contributed by atoms with E-state index in [1.165, 1.54) is 12.1 Å². The molecule has 4 nitrogen and oxygen atoms in total. The number of hydrogen-bond donors (Lipinski definition) is 1. The zero-order valence-corrected chi connectivity index (χ0v) is 13.3. The third-order valence-electron chi connectivity index (χ3n) is 3.74. The Hall–Kier alpha value is -2.80. The van der Waals surface area contributed by atoms with Crippen LogP contribution in [-0.4, -0.2) is 21.8 Å². The molecular formula is C18H15F3N2O2. The Morgan fingerprint density at radius 1 is 1.04 bits per heavy atom. The summed E-state index contributed by atoms with van der Waals surface area (Å²) in [7, 11) is 1.56. The molecule has 1 N–H and O–H groups in total. The standard InChI is InChI=1S/C18H15F3N2O2/c1-25-16-8-2-12(3-9-16)17-22-14(11-24)10-23(17)15-6-4-13(5-7-15)18(19,20)21/h2-10,24H,11H2,1H3. The zero-order valence-electron chi connectivity index (χ0n) is 13.3. The van der Waals surface area contributed by atoms with Gasteiger partial charge in [-0.15, -0.1) is 0 Å². The first kappa shape index (κ1) is 17.0. The first-order chi connectivity index (χ1) is 11.9. The summed E-state index contributed by atoms with van der Waals surface area (Å²) in [6.45, 7) is -0.267. The smallest absolute Gasteiger partial charge is 0.416 e. The summed E-state index contributed by atoms with van der Waals surface area (Å²) < 4.78 is 45.0. The molecule has 0 bridgehead atoms. The summed E-state index contributed by atoms with van der Waals surface area (Å²) in [5.74, 6) is 1.20. The predicted molar refractivity (Wildman–Crippen MR) is 86.5 cm³/mol. The largest absolute Gasteiger partial charge is 0.497 e.